The number of esters is 1. The second-order valence-electron chi connectivity index (χ2n) is 5.06. The number of carbonyl (C=O) groups excluding carboxylic acids is 1. The van der Waals surface area contributed by atoms with Gasteiger partial charge in [-0.3, -0.25) is 14.6 Å². The highest BCUT2D eigenvalue weighted by Crippen LogP contribution is 2.20. The first kappa shape index (κ1) is 13.8. The van der Waals surface area contributed by atoms with Gasteiger partial charge in [0.25, 0.3) is 0 Å². The van der Waals surface area contributed by atoms with Crippen LogP contribution in [0.15, 0.2) is 0 Å². The molecule has 0 spiro atoms. The second-order valence-corrected chi connectivity index (χ2v) is 5.06. The molecule has 0 aromatic rings. The molecule has 2 aliphatic heterocycles. The Labute approximate surface area is 109 Å². The maximum atomic E-state index is 11.6. The van der Waals surface area contributed by atoms with Gasteiger partial charge in [-0.05, 0) is 6.42 Å². The molecule has 0 aliphatic carbocycles. The topological polar surface area (TPSA) is 42.0 Å². The Morgan fingerprint density at radius 2 is 2.28 bits per heavy atom. The first-order chi connectivity index (χ1) is 8.76. The number of ether oxygens (including phenoxy) is 2. The molecule has 0 saturated carbocycles. The number of piperazine rings is 1. The summed E-state index contributed by atoms with van der Waals surface area (Å²) < 4.78 is 10.2. The molecular formula is C13H24N2O3. The number of nitrogens with zero attached hydrogens (tertiary/aromatic N) is 2. The number of hydrogen-bond donors (Lipinski definition) is 0. The third-order valence-electron chi connectivity index (χ3n) is 4.04. The van der Waals surface area contributed by atoms with Gasteiger partial charge >= 0.3 is 5.97 Å². The summed E-state index contributed by atoms with van der Waals surface area (Å²) in [6.45, 7) is 7.51. The van der Waals surface area contributed by atoms with E-state index in [9.17, 15) is 4.79 Å². The number of carbonyl (C=O) groups is 1. The summed E-state index contributed by atoms with van der Waals surface area (Å²) in [5, 5.41) is 0. The van der Waals surface area contributed by atoms with E-state index < -0.39 is 0 Å². The Hall–Kier alpha value is -0.650. The minimum Gasteiger partial charge on any atom is -0.464 e. The average Bonchev–Trinajstić information content (AvgIpc) is 2.82. The lowest BCUT2D eigenvalue weighted by Crippen LogP contribution is -2.57. The first-order valence-electron chi connectivity index (χ1n) is 6.90. The Kier molecular flexibility index (Phi) is 4.97. The smallest absolute Gasteiger partial charge is 0.323 e. The van der Waals surface area contributed by atoms with Crippen LogP contribution in [-0.2, 0) is 14.3 Å². The van der Waals surface area contributed by atoms with Gasteiger partial charge in [0.05, 0.1) is 13.2 Å². The summed E-state index contributed by atoms with van der Waals surface area (Å²) in [5.74, 6) is -0.0322. The lowest BCUT2D eigenvalue weighted by atomic mass is 10.1. The summed E-state index contributed by atoms with van der Waals surface area (Å²) in [6, 6.07) is 0.533. The molecular weight excluding hydrogens is 232 g/mol. The first-order valence-corrected chi connectivity index (χ1v) is 6.90. The lowest BCUT2D eigenvalue weighted by molar-refractivity contribution is -0.143. The van der Waals surface area contributed by atoms with E-state index in [2.05, 4.69) is 16.7 Å². The van der Waals surface area contributed by atoms with E-state index in [1.807, 2.05) is 0 Å². The second kappa shape index (κ2) is 6.50. The standard InChI is InChI=1S/C13H24N2O3/c1-3-11-10-15(12-4-8-18-13(12)16)6-5-14(11)7-9-17-2/h11-12H,3-10H2,1-2H3/t11-,12+/m0/s1. The highest BCUT2D eigenvalue weighted by Gasteiger charge is 2.36. The van der Waals surface area contributed by atoms with Crippen LogP contribution in [0.2, 0.25) is 0 Å². The quantitative estimate of drug-likeness (QED) is 0.664. The van der Waals surface area contributed by atoms with Gasteiger partial charge in [-0.2, -0.15) is 0 Å². The van der Waals surface area contributed by atoms with Crippen molar-refractivity contribution in [1.29, 1.82) is 0 Å². The van der Waals surface area contributed by atoms with Crippen LogP contribution in [0.25, 0.3) is 0 Å². The van der Waals surface area contributed by atoms with Gasteiger partial charge in [-0.1, -0.05) is 6.92 Å². The molecule has 0 N–H and O–H groups in total. The SMILES string of the molecule is CC[C@H]1CN([C@@H]2CCOC2=O)CCN1CCOC. The monoisotopic (exact) mass is 256 g/mol. The molecule has 0 aromatic heterocycles. The van der Waals surface area contributed by atoms with Gasteiger partial charge in [0.2, 0.25) is 0 Å². The molecule has 0 radical (unpaired) electrons. The molecule has 2 atom stereocenters. The molecule has 18 heavy (non-hydrogen) atoms. The van der Waals surface area contributed by atoms with Crippen molar-refractivity contribution >= 4 is 5.97 Å². The number of rotatable bonds is 5. The molecule has 2 aliphatic rings. The summed E-state index contributed by atoms with van der Waals surface area (Å²) >= 11 is 0. The normalized spacial score (nSPS) is 30.7. The fraction of sp³-hybridized carbons (Fsp3) is 0.923. The summed E-state index contributed by atoms with van der Waals surface area (Å²) in [4.78, 5) is 16.4. The van der Waals surface area contributed by atoms with Crippen LogP contribution in [0.3, 0.4) is 0 Å². The molecule has 2 saturated heterocycles. The molecule has 0 amide bonds. The third kappa shape index (κ3) is 3.02. The number of hydrogen-bond acceptors (Lipinski definition) is 5. The van der Waals surface area contributed by atoms with Crippen molar-refractivity contribution < 1.29 is 14.3 Å². The van der Waals surface area contributed by atoms with Gasteiger partial charge in [-0.25, -0.2) is 0 Å². The molecule has 2 fully saturated rings. The van der Waals surface area contributed by atoms with E-state index in [1.54, 1.807) is 7.11 Å². The minimum absolute atomic E-state index is 0.00336. The van der Waals surface area contributed by atoms with Gasteiger partial charge < -0.3 is 9.47 Å². The zero-order chi connectivity index (χ0) is 13.0. The van der Waals surface area contributed by atoms with Crippen molar-refractivity contribution in [2.24, 2.45) is 0 Å². The van der Waals surface area contributed by atoms with Crippen molar-refractivity contribution in [2.45, 2.75) is 31.8 Å². The molecule has 0 unspecified atom stereocenters. The van der Waals surface area contributed by atoms with Gasteiger partial charge in [0, 0.05) is 45.8 Å². The van der Waals surface area contributed by atoms with E-state index in [0.29, 0.717) is 12.6 Å². The number of methoxy groups -OCH3 is 1. The van der Waals surface area contributed by atoms with Crippen molar-refractivity contribution in [3.63, 3.8) is 0 Å². The molecule has 0 aromatic carbocycles. The van der Waals surface area contributed by atoms with E-state index in [0.717, 1.165) is 45.6 Å². The third-order valence-corrected chi connectivity index (χ3v) is 4.04. The highest BCUT2D eigenvalue weighted by atomic mass is 16.5. The molecule has 5 nitrogen and oxygen atoms in total. The van der Waals surface area contributed by atoms with Crippen LogP contribution in [0.5, 0.6) is 0 Å². The van der Waals surface area contributed by atoms with Crippen LogP contribution in [0, 0.1) is 0 Å². The van der Waals surface area contributed by atoms with Gasteiger partial charge in [0.15, 0.2) is 0 Å². The fourth-order valence-corrected chi connectivity index (χ4v) is 2.91. The van der Waals surface area contributed by atoms with Crippen LogP contribution in [0.4, 0.5) is 0 Å². The highest BCUT2D eigenvalue weighted by molar-refractivity contribution is 5.77. The Bertz CT molecular complexity index is 285. The molecule has 5 heteroatoms. The Morgan fingerprint density at radius 1 is 1.44 bits per heavy atom. The largest absolute Gasteiger partial charge is 0.464 e. The summed E-state index contributed by atoms with van der Waals surface area (Å²) in [5.41, 5.74) is 0. The van der Waals surface area contributed by atoms with E-state index in [1.165, 1.54) is 0 Å². The molecule has 104 valence electrons. The van der Waals surface area contributed by atoms with Crippen molar-refractivity contribution in [2.75, 3.05) is 46.5 Å². The lowest BCUT2D eigenvalue weighted by Gasteiger charge is -2.42. The van der Waals surface area contributed by atoms with Crippen LogP contribution in [0.1, 0.15) is 19.8 Å². The summed E-state index contributed by atoms with van der Waals surface area (Å²) in [6.07, 6.45) is 1.97. The zero-order valence-electron chi connectivity index (χ0n) is 11.4. The fourth-order valence-electron chi connectivity index (χ4n) is 2.91. The number of cyclic esters (lactones) is 1. The average molecular weight is 256 g/mol. The molecule has 2 heterocycles. The van der Waals surface area contributed by atoms with Crippen molar-refractivity contribution in [3.8, 4) is 0 Å². The van der Waals surface area contributed by atoms with E-state index >= 15 is 0 Å². The van der Waals surface area contributed by atoms with Gasteiger partial charge in [-0.15, -0.1) is 0 Å². The van der Waals surface area contributed by atoms with Crippen molar-refractivity contribution in [3.05, 3.63) is 0 Å². The maximum Gasteiger partial charge on any atom is 0.323 e. The molecule has 2 rings (SSSR count). The van der Waals surface area contributed by atoms with E-state index in [4.69, 9.17) is 9.47 Å². The predicted molar refractivity (Wildman–Crippen MR) is 68.5 cm³/mol. The van der Waals surface area contributed by atoms with E-state index in [-0.39, 0.29) is 12.0 Å². The Balaban J connectivity index is 1.89. The zero-order valence-corrected chi connectivity index (χ0v) is 11.4. The Morgan fingerprint density at radius 3 is 2.89 bits per heavy atom. The summed E-state index contributed by atoms with van der Waals surface area (Å²) in [7, 11) is 1.74. The minimum atomic E-state index is -0.0322. The van der Waals surface area contributed by atoms with Gasteiger partial charge in [0.1, 0.15) is 6.04 Å². The van der Waals surface area contributed by atoms with Crippen LogP contribution in [-0.4, -0.2) is 74.4 Å². The molecule has 0 bridgehead atoms. The van der Waals surface area contributed by atoms with Crippen molar-refractivity contribution in [1.82, 2.24) is 9.80 Å². The predicted octanol–water partition coefficient (Wildman–Crippen LogP) is 0.345. The van der Waals surface area contributed by atoms with Crippen LogP contribution >= 0.6 is 0 Å². The van der Waals surface area contributed by atoms with Crippen LogP contribution < -0.4 is 0 Å². The maximum absolute atomic E-state index is 11.6.